The molecule has 2 aromatic heterocycles. The van der Waals surface area contributed by atoms with E-state index >= 15 is 0 Å². The summed E-state index contributed by atoms with van der Waals surface area (Å²) in [4.78, 5) is 9.65. The van der Waals surface area contributed by atoms with Crippen LogP contribution in [0.2, 0.25) is 0 Å². The summed E-state index contributed by atoms with van der Waals surface area (Å²) in [5, 5.41) is 2.21. The number of anilines is 4. The van der Waals surface area contributed by atoms with Crippen LogP contribution in [-0.2, 0) is 42.7 Å². The van der Waals surface area contributed by atoms with Gasteiger partial charge in [-0.3, -0.25) is 0 Å². The Morgan fingerprint density at radius 1 is 0.446 bits per heavy atom. The molecule has 0 aliphatic carbocycles. The van der Waals surface area contributed by atoms with E-state index in [0.717, 1.165) is 55.9 Å². The van der Waals surface area contributed by atoms with Crippen molar-refractivity contribution in [1.82, 2.24) is 9.55 Å². The second-order valence-corrected chi connectivity index (χ2v) is 22.7. The van der Waals surface area contributed by atoms with Gasteiger partial charge < -0.3 is 19.1 Å². The average molecular weight is 1150 g/mol. The summed E-state index contributed by atoms with van der Waals surface area (Å²) in [6.07, 6.45) is 1.93. The van der Waals surface area contributed by atoms with Gasteiger partial charge in [-0.1, -0.05) is 196 Å². The first-order valence-corrected chi connectivity index (χ1v) is 25.5. The number of hydrogen-bond acceptors (Lipinski definition) is 4. The van der Waals surface area contributed by atoms with Gasteiger partial charge in [-0.05, 0) is 97.6 Å². The molecule has 1 aliphatic rings. The van der Waals surface area contributed by atoms with Crippen molar-refractivity contribution in [1.29, 1.82) is 0 Å². The van der Waals surface area contributed by atoms with E-state index in [1.165, 1.54) is 38.9 Å². The largest absolute Gasteiger partial charge is 0.509 e. The zero-order valence-electron chi connectivity index (χ0n) is 44.1. The molecule has 11 rings (SSSR count). The van der Waals surface area contributed by atoms with Crippen LogP contribution in [0.1, 0.15) is 103 Å². The Balaban J connectivity index is 0.00000626. The number of fused-ring (bicyclic) bond motifs is 4. The fraction of sp³-hybridized carbons (Fsp3) is 0.206. The normalized spacial score (nSPS) is 13.1. The van der Waals surface area contributed by atoms with E-state index in [9.17, 15) is 0 Å². The van der Waals surface area contributed by atoms with Crippen molar-refractivity contribution in [2.75, 3.05) is 9.80 Å². The van der Waals surface area contributed by atoms with E-state index in [4.69, 9.17) is 9.72 Å². The third kappa shape index (κ3) is 9.37. The predicted molar refractivity (Wildman–Crippen MR) is 304 cm³/mol. The molecule has 0 amide bonds. The van der Waals surface area contributed by atoms with Gasteiger partial charge in [0, 0.05) is 72.2 Å². The molecular weight excluding hydrogens is 1080 g/mol. The van der Waals surface area contributed by atoms with Gasteiger partial charge in [0.2, 0.25) is 0 Å². The third-order valence-electron chi connectivity index (χ3n) is 15.0. The number of benzene rings is 8. The first kappa shape index (κ1) is 50.3. The van der Waals surface area contributed by atoms with E-state index in [0.29, 0.717) is 11.5 Å². The molecular formula is C68H63N4OPt-3. The van der Waals surface area contributed by atoms with Crippen molar-refractivity contribution >= 4 is 44.6 Å². The maximum atomic E-state index is 7.00. The van der Waals surface area contributed by atoms with E-state index in [1.54, 1.807) is 0 Å². The van der Waals surface area contributed by atoms with Gasteiger partial charge >= 0.3 is 0 Å². The first-order valence-electron chi connectivity index (χ1n) is 25.5. The number of nitrogens with zero attached hydrogens (tertiary/aromatic N) is 4. The van der Waals surface area contributed by atoms with Crippen molar-refractivity contribution in [3.8, 4) is 28.4 Å². The molecule has 1 aliphatic heterocycles. The van der Waals surface area contributed by atoms with Gasteiger partial charge in [0.15, 0.2) is 0 Å². The number of pyridine rings is 1. The summed E-state index contributed by atoms with van der Waals surface area (Å²) in [7, 11) is 0. The quantitative estimate of drug-likeness (QED) is 0.128. The standard InChI is InChI=1S/C68H63N4O.Pt/c1-65(2,3)52-36-47(46-22-14-11-15-23-46)37-54(38-52)70-45-71(63-41-50(30-33-61(63)70)67(7,8)48-24-16-12-17-25-48)55-39-53(66(4,5)6)40-57(43-55)73-56-31-32-59-58-28-20-21-29-60(58)72(62(59)44-56)64-42-51(34-35-69-64)68(9,10)49-26-18-13-19-27-49;/h11-42,45H,1-10H3;/q-3;. The van der Waals surface area contributed by atoms with Gasteiger partial charge in [-0.15, -0.1) is 53.6 Å². The Bertz CT molecular complexity index is 3660. The average Bonchev–Trinajstić information content (AvgIpc) is 3.95. The Labute approximate surface area is 452 Å². The topological polar surface area (TPSA) is 33.5 Å². The molecule has 0 unspecified atom stereocenters. The van der Waals surface area contributed by atoms with Crippen LogP contribution in [0.5, 0.6) is 11.5 Å². The molecule has 0 radical (unpaired) electrons. The maximum Gasteiger partial charge on any atom is 0.135 e. The van der Waals surface area contributed by atoms with E-state index < -0.39 is 0 Å². The molecule has 0 N–H and O–H groups in total. The minimum Gasteiger partial charge on any atom is -0.509 e. The molecule has 0 bridgehead atoms. The zero-order valence-corrected chi connectivity index (χ0v) is 46.3. The molecule has 374 valence electrons. The summed E-state index contributed by atoms with van der Waals surface area (Å²) in [5.74, 6) is 2.04. The molecule has 74 heavy (non-hydrogen) atoms. The first-order chi connectivity index (χ1) is 34.9. The van der Waals surface area contributed by atoms with Gasteiger partial charge in [-0.25, -0.2) is 4.98 Å². The van der Waals surface area contributed by atoms with Gasteiger partial charge in [0.05, 0.1) is 0 Å². The van der Waals surface area contributed by atoms with Crippen molar-refractivity contribution in [3.05, 3.63) is 246 Å². The predicted octanol–water partition coefficient (Wildman–Crippen LogP) is 17.9. The summed E-state index contributed by atoms with van der Waals surface area (Å²) in [5.41, 5.74) is 15.0. The Morgan fingerprint density at radius 2 is 1.05 bits per heavy atom. The molecule has 8 aromatic carbocycles. The van der Waals surface area contributed by atoms with Gasteiger partial charge in [0.1, 0.15) is 5.82 Å². The van der Waals surface area contributed by atoms with E-state index in [1.807, 2.05) is 12.3 Å². The number of para-hydroxylation sites is 1. The molecule has 3 heterocycles. The maximum absolute atomic E-state index is 7.00. The smallest absolute Gasteiger partial charge is 0.135 e. The van der Waals surface area contributed by atoms with Crippen molar-refractivity contribution in [2.24, 2.45) is 0 Å². The molecule has 5 nitrogen and oxygen atoms in total. The Morgan fingerprint density at radius 3 is 1.72 bits per heavy atom. The summed E-state index contributed by atoms with van der Waals surface area (Å²) >= 11 is 0. The molecule has 0 saturated heterocycles. The van der Waals surface area contributed by atoms with Crippen molar-refractivity contribution < 1.29 is 25.8 Å². The molecule has 10 aromatic rings. The zero-order chi connectivity index (χ0) is 50.9. The second kappa shape index (κ2) is 19.3. The number of aromatic nitrogens is 2. The van der Waals surface area contributed by atoms with Gasteiger partial charge in [0.25, 0.3) is 0 Å². The minimum atomic E-state index is -0.265. The second-order valence-electron chi connectivity index (χ2n) is 22.7. The van der Waals surface area contributed by atoms with Crippen LogP contribution >= 0.6 is 0 Å². The van der Waals surface area contributed by atoms with Crippen LogP contribution in [0.25, 0.3) is 38.8 Å². The summed E-state index contributed by atoms with van der Waals surface area (Å²) in [6, 6.07) is 75.1. The van der Waals surface area contributed by atoms with E-state index in [2.05, 4.69) is 284 Å². The third-order valence-corrected chi connectivity index (χ3v) is 15.0. The molecule has 0 spiro atoms. The van der Waals surface area contributed by atoms with Crippen LogP contribution in [-0.4, -0.2) is 9.55 Å². The van der Waals surface area contributed by atoms with Crippen LogP contribution < -0.4 is 14.5 Å². The Hall–Kier alpha value is -7.20. The number of ether oxygens (including phenoxy) is 1. The van der Waals surface area contributed by atoms with Crippen LogP contribution in [0.3, 0.4) is 0 Å². The van der Waals surface area contributed by atoms with Gasteiger partial charge in [-0.2, -0.15) is 6.07 Å². The summed E-state index contributed by atoms with van der Waals surface area (Å²) in [6.45, 7) is 25.0. The fourth-order valence-corrected chi connectivity index (χ4v) is 10.3. The number of rotatable bonds is 10. The SMILES string of the molecule is CC(C)(C)c1cc(Oc2[c-]c3c(cc2)c2ccccc2n3-c2cc(C(C)(C)c3ccccc3)ccn2)[c-]c(N2[CH-]N(c3cc(-c4ccccc4)cc(C(C)(C)C)c3)c3ccc(C(C)(C)c4ccccc4)cc32)c1.[Pt]. The monoisotopic (exact) mass is 1150 g/mol. The molecule has 0 atom stereocenters. The minimum absolute atomic E-state index is 0. The Kier molecular flexibility index (Phi) is 13.1. The van der Waals surface area contributed by atoms with Crippen molar-refractivity contribution in [2.45, 2.75) is 90.9 Å². The van der Waals surface area contributed by atoms with Crippen LogP contribution in [0.4, 0.5) is 22.7 Å². The van der Waals surface area contributed by atoms with E-state index in [-0.39, 0.29) is 42.7 Å². The summed E-state index contributed by atoms with van der Waals surface area (Å²) < 4.78 is 9.22. The van der Waals surface area contributed by atoms with Crippen LogP contribution in [0.15, 0.2) is 194 Å². The molecule has 0 saturated carbocycles. The molecule has 0 fully saturated rings. The number of hydrogen-bond donors (Lipinski definition) is 0. The van der Waals surface area contributed by atoms with Crippen molar-refractivity contribution in [3.63, 3.8) is 0 Å². The fourth-order valence-electron chi connectivity index (χ4n) is 10.3. The van der Waals surface area contributed by atoms with Crippen LogP contribution in [0, 0.1) is 18.8 Å². The molecule has 6 heteroatoms.